The zero-order chi connectivity index (χ0) is 13.0. The van der Waals surface area contributed by atoms with Gasteiger partial charge in [-0.05, 0) is 19.3 Å². The molecule has 2 rings (SSSR count). The predicted molar refractivity (Wildman–Crippen MR) is 68.9 cm³/mol. The second kappa shape index (κ2) is 5.61. The summed E-state index contributed by atoms with van der Waals surface area (Å²) in [5.74, 6) is 0.899. The van der Waals surface area contributed by atoms with Crippen molar-refractivity contribution in [1.29, 1.82) is 0 Å². The number of rotatable bonds is 5. The lowest BCUT2D eigenvalue weighted by atomic mass is 10.4. The van der Waals surface area contributed by atoms with Gasteiger partial charge in [0.2, 0.25) is 11.8 Å². The van der Waals surface area contributed by atoms with Crippen molar-refractivity contribution in [2.45, 2.75) is 26.2 Å². The van der Waals surface area contributed by atoms with Crippen molar-refractivity contribution in [3.63, 3.8) is 0 Å². The molecule has 0 bridgehead atoms. The molecule has 0 radical (unpaired) electrons. The van der Waals surface area contributed by atoms with Gasteiger partial charge in [-0.3, -0.25) is 10.1 Å². The number of anilines is 2. The first-order chi connectivity index (χ1) is 8.72. The van der Waals surface area contributed by atoms with Gasteiger partial charge in [0.25, 0.3) is 0 Å². The fourth-order valence-corrected chi connectivity index (χ4v) is 1.98. The van der Waals surface area contributed by atoms with Gasteiger partial charge in [-0.15, -0.1) is 0 Å². The summed E-state index contributed by atoms with van der Waals surface area (Å²) in [6, 6.07) is 0. The summed E-state index contributed by atoms with van der Waals surface area (Å²) in [6.45, 7) is 4.45. The highest BCUT2D eigenvalue weighted by molar-refractivity contribution is 5.59. The lowest BCUT2D eigenvalue weighted by molar-refractivity contribution is -0.384. The van der Waals surface area contributed by atoms with E-state index in [1.165, 1.54) is 6.20 Å². The molecule has 1 fully saturated rings. The summed E-state index contributed by atoms with van der Waals surface area (Å²) in [5.41, 5.74) is -0.0149. The zero-order valence-electron chi connectivity index (χ0n) is 10.4. The summed E-state index contributed by atoms with van der Waals surface area (Å²) in [4.78, 5) is 20.8. The Hall–Kier alpha value is -1.92. The van der Waals surface area contributed by atoms with Gasteiger partial charge in [0.1, 0.15) is 6.20 Å². The number of hydrogen-bond donors (Lipinski definition) is 1. The van der Waals surface area contributed by atoms with Gasteiger partial charge in [0, 0.05) is 19.6 Å². The molecular weight excluding hydrogens is 234 g/mol. The summed E-state index contributed by atoms with van der Waals surface area (Å²) in [5, 5.41) is 14.0. The quantitative estimate of drug-likeness (QED) is 0.634. The molecule has 1 aliphatic rings. The molecule has 0 amide bonds. The molecule has 2 heterocycles. The van der Waals surface area contributed by atoms with Crippen LogP contribution in [-0.4, -0.2) is 34.5 Å². The van der Waals surface area contributed by atoms with E-state index in [-0.39, 0.29) is 5.69 Å². The number of nitrogens with zero attached hydrogens (tertiary/aromatic N) is 4. The Kier molecular flexibility index (Phi) is 3.91. The summed E-state index contributed by atoms with van der Waals surface area (Å²) in [7, 11) is 0. The maximum atomic E-state index is 11.0. The Labute approximate surface area is 105 Å². The SMILES string of the molecule is CCCNc1ncc([N+](=O)[O-])c(N2CCCC2)n1. The second-order valence-corrected chi connectivity index (χ2v) is 4.28. The highest BCUT2D eigenvalue weighted by atomic mass is 16.6. The van der Waals surface area contributed by atoms with Crippen LogP contribution in [0.4, 0.5) is 17.5 Å². The van der Waals surface area contributed by atoms with E-state index < -0.39 is 4.92 Å². The van der Waals surface area contributed by atoms with E-state index in [0.29, 0.717) is 11.8 Å². The Morgan fingerprint density at radius 3 is 2.83 bits per heavy atom. The van der Waals surface area contributed by atoms with Crippen LogP contribution >= 0.6 is 0 Å². The molecule has 1 aromatic heterocycles. The van der Waals surface area contributed by atoms with Crippen molar-refractivity contribution < 1.29 is 4.92 Å². The molecule has 0 spiro atoms. The maximum Gasteiger partial charge on any atom is 0.329 e. The summed E-state index contributed by atoms with van der Waals surface area (Å²) < 4.78 is 0. The van der Waals surface area contributed by atoms with Gasteiger partial charge in [0.05, 0.1) is 4.92 Å². The molecule has 7 nitrogen and oxygen atoms in total. The Bertz CT molecular complexity index is 431. The molecule has 0 aromatic carbocycles. The Morgan fingerprint density at radius 2 is 2.22 bits per heavy atom. The molecule has 18 heavy (non-hydrogen) atoms. The third-order valence-electron chi connectivity index (χ3n) is 2.89. The lowest BCUT2D eigenvalue weighted by Crippen LogP contribution is -2.21. The molecule has 98 valence electrons. The van der Waals surface area contributed by atoms with Gasteiger partial charge in [-0.1, -0.05) is 6.92 Å². The molecule has 0 saturated carbocycles. The van der Waals surface area contributed by atoms with Crippen molar-refractivity contribution in [3.8, 4) is 0 Å². The van der Waals surface area contributed by atoms with E-state index in [2.05, 4.69) is 15.3 Å². The van der Waals surface area contributed by atoms with Gasteiger partial charge in [-0.25, -0.2) is 4.98 Å². The van der Waals surface area contributed by atoms with Crippen LogP contribution in [0.1, 0.15) is 26.2 Å². The number of aromatic nitrogens is 2. The fourth-order valence-electron chi connectivity index (χ4n) is 1.98. The topological polar surface area (TPSA) is 84.2 Å². The van der Waals surface area contributed by atoms with Crippen LogP contribution in [0.5, 0.6) is 0 Å². The molecule has 1 saturated heterocycles. The standard InChI is InChI=1S/C11H17N5O2/c1-2-5-12-11-13-8-9(16(17)18)10(14-11)15-6-3-4-7-15/h8H,2-7H2,1H3,(H,12,13,14). The highest BCUT2D eigenvalue weighted by Gasteiger charge is 2.24. The number of hydrogen-bond acceptors (Lipinski definition) is 6. The van der Waals surface area contributed by atoms with E-state index in [4.69, 9.17) is 0 Å². The van der Waals surface area contributed by atoms with Gasteiger partial charge in [-0.2, -0.15) is 4.98 Å². The highest BCUT2D eigenvalue weighted by Crippen LogP contribution is 2.28. The largest absolute Gasteiger partial charge is 0.354 e. The Balaban J connectivity index is 2.28. The minimum absolute atomic E-state index is 0.0149. The average Bonchev–Trinajstić information content (AvgIpc) is 2.89. The third kappa shape index (κ3) is 2.66. The monoisotopic (exact) mass is 251 g/mol. The van der Waals surface area contributed by atoms with E-state index in [1.54, 1.807) is 0 Å². The van der Waals surface area contributed by atoms with Crippen molar-refractivity contribution >= 4 is 17.5 Å². The molecule has 0 aliphatic carbocycles. The summed E-state index contributed by atoms with van der Waals surface area (Å²) >= 11 is 0. The molecule has 1 aliphatic heterocycles. The lowest BCUT2D eigenvalue weighted by Gasteiger charge is -2.16. The van der Waals surface area contributed by atoms with Crippen LogP contribution in [-0.2, 0) is 0 Å². The number of nitro groups is 1. The predicted octanol–water partition coefficient (Wildman–Crippen LogP) is 1.81. The maximum absolute atomic E-state index is 11.0. The second-order valence-electron chi connectivity index (χ2n) is 4.28. The minimum atomic E-state index is -0.419. The molecule has 0 unspecified atom stereocenters. The van der Waals surface area contributed by atoms with Crippen molar-refractivity contribution in [3.05, 3.63) is 16.3 Å². The first-order valence-electron chi connectivity index (χ1n) is 6.22. The van der Waals surface area contributed by atoms with E-state index >= 15 is 0 Å². The van der Waals surface area contributed by atoms with Crippen LogP contribution in [0.3, 0.4) is 0 Å². The van der Waals surface area contributed by atoms with Crippen LogP contribution in [0.25, 0.3) is 0 Å². The summed E-state index contributed by atoms with van der Waals surface area (Å²) in [6.07, 6.45) is 4.36. The van der Waals surface area contributed by atoms with Crippen molar-refractivity contribution in [2.24, 2.45) is 0 Å². The van der Waals surface area contributed by atoms with E-state index in [0.717, 1.165) is 38.9 Å². The van der Waals surface area contributed by atoms with Gasteiger partial charge < -0.3 is 10.2 Å². The van der Waals surface area contributed by atoms with E-state index in [9.17, 15) is 10.1 Å². The molecular formula is C11H17N5O2. The van der Waals surface area contributed by atoms with Crippen LogP contribution < -0.4 is 10.2 Å². The molecule has 0 atom stereocenters. The average molecular weight is 251 g/mol. The molecule has 1 N–H and O–H groups in total. The van der Waals surface area contributed by atoms with E-state index in [1.807, 2.05) is 11.8 Å². The van der Waals surface area contributed by atoms with Crippen LogP contribution in [0.2, 0.25) is 0 Å². The Morgan fingerprint density at radius 1 is 1.50 bits per heavy atom. The van der Waals surface area contributed by atoms with Gasteiger partial charge in [0.15, 0.2) is 0 Å². The van der Waals surface area contributed by atoms with Gasteiger partial charge >= 0.3 is 5.69 Å². The number of nitrogens with one attached hydrogen (secondary N) is 1. The smallest absolute Gasteiger partial charge is 0.329 e. The van der Waals surface area contributed by atoms with Crippen molar-refractivity contribution in [1.82, 2.24) is 9.97 Å². The minimum Gasteiger partial charge on any atom is -0.354 e. The van der Waals surface area contributed by atoms with Crippen molar-refractivity contribution in [2.75, 3.05) is 29.9 Å². The zero-order valence-corrected chi connectivity index (χ0v) is 10.4. The first kappa shape index (κ1) is 12.5. The normalized spacial score (nSPS) is 14.8. The van der Waals surface area contributed by atoms with Crippen LogP contribution in [0.15, 0.2) is 6.20 Å². The third-order valence-corrected chi connectivity index (χ3v) is 2.89. The first-order valence-corrected chi connectivity index (χ1v) is 6.22. The molecule has 1 aromatic rings. The van der Waals surface area contributed by atoms with Crippen LogP contribution in [0, 0.1) is 10.1 Å². The fraction of sp³-hybridized carbons (Fsp3) is 0.636. The molecule has 7 heteroatoms.